The maximum atomic E-state index is 11.7. The van der Waals surface area contributed by atoms with Gasteiger partial charge in [-0.25, -0.2) is 9.97 Å². The van der Waals surface area contributed by atoms with Gasteiger partial charge in [-0.3, -0.25) is 4.79 Å². The van der Waals surface area contributed by atoms with Crippen LogP contribution in [0.2, 0.25) is 0 Å². The van der Waals surface area contributed by atoms with Crippen LogP contribution in [0.15, 0.2) is 6.20 Å². The van der Waals surface area contributed by atoms with Crippen LogP contribution in [0, 0.1) is 0 Å². The fraction of sp³-hybridized carbons (Fsp3) is 0.615. The van der Waals surface area contributed by atoms with Crippen molar-refractivity contribution in [3.05, 3.63) is 17.5 Å². The van der Waals surface area contributed by atoms with Gasteiger partial charge in [0.25, 0.3) is 0 Å². The normalized spacial score (nSPS) is 20.9. The molecule has 0 radical (unpaired) electrons. The maximum absolute atomic E-state index is 11.7. The van der Waals surface area contributed by atoms with Gasteiger partial charge in [0.2, 0.25) is 5.95 Å². The number of likely N-dealkylation sites (N-methyl/N-ethyl adjacent to an activating group) is 1. The van der Waals surface area contributed by atoms with Crippen molar-refractivity contribution in [2.45, 2.75) is 19.3 Å². The van der Waals surface area contributed by atoms with Crippen LogP contribution in [-0.4, -0.2) is 53.9 Å². The summed E-state index contributed by atoms with van der Waals surface area (Å²) in [5, 5.41) is 0. The molecular weight excluding hydrogens is 228 g/mol. The summed E-state index contributed by atoms with van der Waals surface area (Å²) in [5.74, 6) is 0.984. The van der Waals surface area contributed by atoms with Crippen molar-refractivity contribution in [1.82, 2.24) is 14.9 Å². The lowest BCUT2D eigenvalue weighted by molar-refractivity contribution is 0.0971. The van der Waals surface area contributed by atoms with Crippen molar-refractivity contribution in [3.8, 4) is 0 Å². The van der Waals surface area contributed by atoms with E-state index in [4.69, 9.17) is 0 Å². The first-order valence-corrected chi connectivity index (χ1v) is 6.56. The quantitative estimate of drug-likeness (QED) is 0.732. The molecule has 0 N–H and O–H groups in total. The number of nitrogens with zero attached hydrogens (tertiary/aromatic N) is 4. The van der Waals surface area contributed by atoms with Crippen LogP contribution in [0.1, 0.15) is 28.9 Å². The Balaban J connectivity index is 1.84. The average molecular weight is 246 g/mol. The lowest BCUT2D eigenvalue weighted by atomic mass is 9.96. The van der Waals surface area contributed by atoms with Gasteiger partial charge in [-0.15, -0.1) is 0 Å². The number of hydrogen-bond acceptors (Lipinski definition) is 5. The van der Waals surface area contributed by atoms with Crippen LogP contribution in [0.5, 0.6) is 0 Å². The van der Waals surface area contributed by atoms with E-state index in [9.17, 15) is 4.79 Å². The highest BCUT2D eigenvalue weighted by Crippen LogP contribution is 2.21. The smallest absolute Gasteiger partial charge is 0.225 e. The zero-order chi connectivity index (χ0) is 12.5. The molecule has 96 valence electrons. The third-order valence-corrected chi connectivity index (χ3v) is 3.76. The molecule has 2 heterocycles. The lowest BCUT2D eigenvalue weighted by Gasteiger charge is -2.32. The minimum Gasteiger partial charge on any atom is -0.338 e. The minimum atomic E-state index is 0.196. The lowest BCUT2D eigenvalue weighted by Crippen LogP contribution is -2.45. The first-order valence-electron chi connectivity index (χ1n) is 6.56. The van der Waals surface area contributed by atoms with E-state index in [0.717, 1.165) is 56.2 Å². The molecule has 3 rings (SSSR count). The van der Waals surface area contributed by atoms with Gasteiger partial charge in [0.15, 0.2) is 5.78 Å². The summed E-state index contributed by atoms with van der Waals surface area (Å²) in [6.45, 7) is 4.01. The van der Waals surface area contributed by atoms with Crippen molar-refractivity contribution < 1.29 is 4.79 Å². The van der Waals surface area contributed by atoms with E-state index in [1.807, 2.05) is 0 Å². The molecule has 5 nitrogen and oxygen atoms in total. The molecule has 0 aromatic carbocycles. The molecule has 1 saturated heterocycles. The van der Waals surface area contributed by atoms with Crippen LogP contribution in [0.25, 0.3) is 0 Å². The predicted molar refractivity (Wildman–Crippen MR) is 69.0 cm³/mol. The molecule has 0 saturated carbocycles. The molecular formula is C13H18N4O. The van der Waals surface area contributed by atoms with Crippen LogP contribution < -0.4 is 4.90 Å². The van der Waals surface area contributed by atoms with Gasteiger partial charge < -0.3 is 9.80 Å². The van der Waals surface area contributed by atoms with E-state index >= 15 is 0 Å². The van der Waals surface area contributed by atoms with E-state index in [1.165, 1.54) is 0 Å². The summed E-state index contributed by atoms with van der Waals surface area (Å²) in [5.41, 5.74) is 1.68. The van der Waals surface area contributed by atoms with Gasteiger partial charge in [-0.1, -0.05) is 0 Å². The summed E-state index contributed by atoms with van der Waals surface area (Å²) >= 11 is 0. The number of carbonyl (C=O) groups excluding carboxylic acids is 1. The molecule has 1 aliphatic heterocycles. The number of ketones is 1. The summed E-state index contributed by atoms with van der Waals surface area (Å²) in [6, 6.07) is 0. The first-order chi connectivity index (χ1) is 8.74. The van der Waals surface area contributed by atoms with Gasteiger partial charge in [-0.2, -0.15) is 0 Å². The zero-order valence-electron chi connectivity index (χ0n) is 10.7. The summed E-state index contributed by atoms with van der Waals surface area (Å²) in [6.07, 6.45) is 4.19. The standard InChI is InChI=1S/C13H18N4O/c1-16-5-7-17(8-6-16)13-14-9-10-11(15-13)3-2-4-12(10)18/h9H,2-8H2,1H3. The fourth-order valence-corrected chi connectivity index (χ4v) is 2.54. The minimum absolute atomic E-state index is 0.196. The van der Waals surface area contributed by atoms with Gasteiger partial charge in [-0.05, 0) is 19.9 Å². The van der Waals surface area contributed by atoms with Crippen LogP contribution in [-0.2, 0) is 6.42 Å². The predicted octanol–water partition coefficient (Wildman–Crippen LogP) is 0.747. The molecule has 1 aliphatic carbocycles. The number of carbonyl (C=O) groups is 1. The topological polar surface area (TPSA) is 49.3 Å². The fourth-order valence-electron chi connectivity index (χ4n) is 2.54. The van der Waals surface area contributed by atoms with E-state index < -0.39 is 0 Å². The molecule has 1 fully saturated rings. The van der Waals surface area contributed by atoms with Crippen molar-refractivity contribution in [2.24, 2.45) is 0 Å². The van der Waals surface area contributed by atoms with Crippen LogP contribution in [0.3, 0.4) is 0 Å². The second-order valence-corrected chi connectivity index (χ2v) is 5.10. The van der Waals surface area contributed by atoms with Gasteiger partial charge in [0, 0.05) is 38.8 Å². The number of anilines is 1. The Kier molecular flexibility index (Phi) is 2.99. The third kappa shape index (κ3) is 2.10. The highest BCUT2D eigenvalue weighted by Gasteiger charge is 2.22. The summed E-state index contributed by atoms with van der Waals surface area (Å²) in [4.78, 5) is 25.2. The molecule has 2 aliphatic rings. The number of fused-ring (bicyclic) bond motifs is 1. The Labute approximate surface area is 107 Å². The second kappa shape index (κ2) is 4.65. The van der Waals surface area contributed by atoms with Crippen LogP contribution >= 0.6 is 0 Å². The number of aryl methyl sites for hydroxylation is 1. The number of piperazine rings is 1. The van der Waals surface area contributed by atoms with Crippen molar-refractivity contribution in [2.75, 3.05) is 38.1 Å². The van der Waals surface area contributed by atoms with E-state index in [1.54, 1.807) is 6.20 Å². The Bertz CT molecular complexity index is 466. The number of Topliss-reactive ketones (excluding diaryl/α,β-unsaturated/α-hetero) is 1. The summed E-state index contributed by atoms with van der Waals surface area (Å²) < 4.78 is 0. The Morgan fingerprint density at radius 1 is 1.17 bits per heavy atom. The number of aromatic nitrogens is 2. The molecule has 0 unspecified atom stereocenters. The highest BCUT2D eigenvalue weighted by atomic mass is 16.1. The Morgan fingerprint density at radius 2 is 1.94 bits per heavy atom. The molecule has 0 atom stereocenters. The van der Waals surface area contributed by atoms with E-state index in [2.05, 4.69) is 26.8 Å². The van der Waals surface area contributed by atoms with Gasteiger partial charge in [0.05, 0.1) is 11.3 Å². The molecule has 0 bridgehead atoms. The molecule has 0 spiro atoms. The summed E-state index contributed by atoms with van der Waals surface area (Å²) in [7, 11) is 2.13. The molecule has 5 heteroatoms. The molecule has 1 aromatic rings. The maximum Gasteiger partial charge on any atom is 0.225 e. The van der Waals surface area contributed by atoms with Crippen molar-refractivity contribution in [1.29, 1.82) is 0 Å². The second-order valence-electron chi connectivity index (χ2n) is 5.10. The Morgan fingerprint density at radius 3 is 2.72 bits per heavy atom. The third-order valence-electron chi connectivity index (χ3n) is 3.76. The molecule has 0 amide bonds. The monoisotopic (exact) mass is 246 g/mol. The Hall–Kier alpha value is -1.49. The molecule has 1 aromatic heterocycles. The highest BCUT2D eigenvalue weighted by molar-refractivity contribution is 5.97. The largest absolute Gasteiger partial charge is 0.338 e. The van der Waals surface area contributed by atoms with Crippen LogP contribution in [0.4, 0.5) is 5.95 Å². The first kappa shape index (κ1) is 11.6. The van der Waals surface area contributed by atoms with E-state index in [-0.39, 0.29) is 5.78 Å². The SMILES string of the molecule is CN1CCN(c2ncc3c(n2)CCCC3=O)CC1. The van der Waals surface area contributed by atoms with Gasteiger partial charge >= 0.3 is 0 Å². The van der Waals surface area contributed by atoms with E-state index in [0.29, 0.717) is 6.42 Å². The van der Waals surface area contributed by atoms with Crippen molar-refractivity contribution in [3.63, 3.8) is 0 Å². The van der Waals surface area contributed by atoms with Crippen molar-refractivity contribution >= 4 is 11.7 Å². The molecule has 18 heavy (non-hydrogen) atoms. The number of rotatable bonds is 1. The zero-order valence-corrected chi connectivity index (χ0v) is 10.7. The average Bonchev–Trinajstić information content (AvgIpc) is 2.39. The number of hydrogen-bond donors (Lipinski definition) is 0. The van der Waals surface area contributed by atoms with Gasteiger partial charge in [0.1, 0.15) is 0 Å².